The van der Waals surface area contributed by atoms with Crippen LogP contribution in [0.5, 0.6) is 0 Å². The van der Waals surface area contributed by atoms with Gasteiger partial charge in [0.05, 0.1) is 12.4 Å². The van der Waals surface area contributed by atoms with Crippen molar-refractivity contribution in [1.82, 2.24) is 9.21 Å². The van der Waals surface area contributed by atoms with Crippen molar-refractivity contribution in [3.63, 3.8) is 0 Å². The molecule has 6 nitrogen and oxygen atoms in total. The Morgan fingerprint density at radius 3 is 2.22 bits per heavy atom. The van der Waals surface area contributed by atoms with Crippen LogP contribution in [-0.2, 0) is 14.8 Å². The number of amides is 1. The second-order valence-electron chi connectivity index (χ2n) is 5.16. The van der Waals surface area contributed by atoms with Crippen LogP contribution in [0.4, 0.5) is 0 Å². The van der Waals surface area contributed by atoms with Gasteiger partial charge in [-0.3, -0.25) is 4.79 Å². The Bertz CT molecular complexity index is 415. The summed E-state index contributed by atoms with van der Waals surface area (Å²) in [5, 5.41) is 9.41. The summed E-state index contributed by atoms with van der Waals surface area (Å²) in [5.41, 5.74) is 0. The molecule has 0 unspecified atom stereocenters. The van der Waals surface area contributed by atoms with Gasteiger partial charge in [0.25, 0.3) is 0 Å². The smallest absolute Gasteiger partial charge is 0.225 e. The minimum absolute atomic E-state index is 0.0692. The highest BCUT2D eigenvalue weighted by molar-refractivity contribution is 7.88. The van der Waals surface area contributed by atoms with Crippen molar-refractivity contribution >= 4 is 15.9 Å². The minimum Gasteiger partial charge on any atom is -0.391 e. The molecule has 2 aliphatic heterocycles. The summed E-state index contributed by atoms with van der Waals surface area (Å²) < 4.78 is 24.1. The lowest BCUT2D eigenvalue weighted by Crippen LogP contribution is -2.43. The molecule has 1 atom stereocenters. The van der Waals surface area contributed by atoms with Crippen LogP contribution in [-0.4, -0.2) is 67.2 Å². The molecule has 0 radical (unpaired) electrons. The van der Waals surface area contributed by atoms with Crippen molar-refractivity contribution in [2.75, 3.05) is 32.4 Å². The molecule has 0 aromatic carbocycles. The number of β-amino-alcohol motifs (C(OH)–C–C–N with tert-alkyl or cyclic N) is 1. The molecule has 0 spiro atoms. The van der Waals surface area contributed by atoms with Crippen LogP contribution in [0.15, 0.2) is 0 Å². The molecule has 1 N–H and O–H groups in total. The van der Waals surface area contributed by atoms with Gasteiger partial charge in [0.15, 0.2) is 0 Å². The van der Waals surface area contributed by atoms with Gasteiger partial charge in [-0.15, -0.1) is 0 Å². The average Bonchev–Trinajstić information content (AvgIpc) is 2.74. The van der Waals surface area contributed by atoms with Crippen molar-refractivity contribution in [3.8, 4) is 0 Å². The third kappa shape index (κ3) is 3.02. The SMILES string of the molecule is CS(=O)(=O)N1CCC(C(=O)N2CC[C@H](O)C2)CC1. The zero-order chi connectivity index (χ0) is 13.3. The van der Waals surface area contributed by atoms with Gasteiger partial charge in [-0.05, 0) is 19.3 Å². The van der Waals surface area contributed by atoms with Crippen LogP contribution in [0.2, 0.25) is 0 Å². The Labute approximate surface area is 108 Å². The lowest BCUT2D eigenvalue weighted by Gasteiger charge is -2.31. The van der Waals surface area contributed by atoms with Crippen LogP contribution in [0.3, 0.4) is 0 Å². The van der Waals surface area contributed by atoms with E-state index in [2.05, 4.69) is 0 Å². The number of piperidine rings is 1. The Kier molecular flexibility index (Phi) is 3.93. The van der Waals surface area contributed by atoms with E-state index in [0.717, 1.165) is 0 Å². The summed E-state index contributed by atoms with van der Waals surface area (Å²) in [7, 11) is -3.13. The van der Waals surface area contributed by atoms with Crippen molar-refractivity contribution in [3.05, 3.63) is 0 Å². The summed E-state index contributed by atoms with van der Waals surface area (Å²) in [4.78, 5) is 13.8. The molecule has 0 saturated carbocycles. The average molecular weight is 276 g/mol. The topological polar surface area (TPSA) is 77.9 Å². The fourth-order valence-corrected chi connectivity index (χ4v) is 3.51. The van der Waals surface area contributed by atoms with Gasteiger partial charge in [-0.25, -0.2) is 12.7 Å². The van der Waals surface area contributed by atoms with E-state index in [4.69, 9.17) is 0 Å². The van der Waals surface area contributed by atoms with Crippen molar-refractivity contribution < 1.29 is 18.3 Å². The van der Waals surface area contributed by atoms with E-state index < -0.39 is 16.1 Å². The van der Waals surface area contributed by atoms with Crippen molar-refractivity contribution in [2.45, 2.75) is 25.4 Å². The first kappa shape index (κ1) is 13.8. The monoisotopic (exact) mass is 276 g/mol. The molecule has 104 valence electrons. The maximum atomic E-state index is 12.1. The van der Waals surface area contributed by atoms with E-state index in [1.165, 1.54) is 10.6 Å². The van der Waals surface area contributed by atoms with Gasteiger partial charge in [0, 0.05) is 32.1 Å². The number of hydrogen-bond donors (Lipinski definition) is 1. The fraction of sp³-hybridized carbons (Fsp3) is 0.909. The molecule has 18 heavy (non-hydrogen) atoms. The molecule has 0 aromatic heterocycles. The highest BCUT2D eigenvalue weighted by Crippen LogP contribution is 2.23. The molecule has 2 saturated heterocycles. The Morgan fingerprint density at radius 1 is 1.17 bits per heavy atom. The standard InChI is InChI=1S/C11H20N2O4S/c1-18(16,17)13-6-2-9(3-7-13)11(15)12-5-4-10(14)8-12/h9-10,14H,2-8H2,1H3/t10-/m0/s1. The number of hydrogen-bond acceptors (Lipinski definition) is 4. The number of sulfonamides is 1. The van der Waals surface area contributed by atoms with E-state index in [9.17, 15) is 18.3 Å². The Hall–Kier alpha value is -0.660. The Balaban J connectivity index is 1.88. The maximum Gasteiger partial charge on any atom is 0.225 e. The summed E-state index contributed by atoms with van der Waals surface area (Å²) in [6.45, 7) is 1.88. The summed E-state index contributed by atoms with van der Waals surface area (Å²) >= 11 is 0. The zero-order valence-electron chi connectivity index (χ0n) is 10.6. The van der Waals surface area contributed by atoms with Crippen LogP contribution >= 0.6 is 0 Å². The largest absolute Gasteiger partial charge is 0.391 e. The van der Waals surface area contributed by atoms with E-state index in [1.807, 2.05) is 0 Å². The van der Waals surface area contributed by atoms with Crippen molar-refractivity contribution in [1.29, 1.82) is 0 Å². The number of aliphatic hydroxyl groups is 1. The number of carbonyl (C=O) groups is 1. The maximum absolute atomic E-state index is 12.1. The molecule has 2 rings (SSSR count). The van der Waals surface area contributed by atoms with Gasteiger partial charge < -0.3 is 10.0 Å². The molecule has 0 aliphatic carbocycles. The quantitative estimate of drug-likeness (QED) is 0.720. The van der Waals surface area contributed by atoms with E-state index in [1.54, 1.807) is 4.90 Å². The molecule has 1 amide bonds. The molecule has 2 fully saturated rings. The Morgan fingerprint density at radius 2 is 1.78 bits per heavy atom. The lowest BCUT2D eigenvalue weighted by atomic mass is 9.97. The van der Waals surface area contributed by atoms with Crippen molar-refractivity contribution in [2.24, 2.45) is 5.92 Å². The number of nitrogens with zero attached hydrogens (tertiary/aromatic N) is 2. The predicted molar refractivity (Wildman–Crippen MR) is 66.3 cm³/mol. The highest BCUT2D eigenvalue weighted by Gasteiger charge is 2.33. The summed E-state index contributed by atoms with van der Waals surface area (Å²) in [6, 6.07) is 0. The first-order valence-corrected chi connectivity index (χ1v) is 8.14. The van der Waals surface area contributed by atoms with E-state index in [-0.39, 0.29) is 11.8 Å². The highest BCUT2D eigenvalue weighted by atomic mass is 32.2. The number of carbonyl (C=O) groups excluding carboxylic acids is 1. The third-order valence-electron chi connectivity index (χ3n) is 3.75. The molecular formula is C11H20N2O4S. The normalized spacial score (nSPS) is 27.7. The third-order valence-corrected chi connectivity index (χ3v) is 5.05. The second-order valence-corrected chi connectivity index (χ2v) is 7.15. The van der Waals surface area contributed by atoms with Gasteiger partial charge in [0.1, 0.15) is 0 Å². The van der Waals surface area contributed by atoms with Crippen LogP contribution in [0, 0.1) is 5.92 Å². The van der Waals surface area contributed by atoms with Gasteiger partial charge in [-0.2, -0.15) is 0 Å². The summed E-state index contributed by atoms with van der Waals surface area (Å²) in [6.07, 6.45) is 2.61. The minimum atomic E-state index is -3.13. The number of likely N-dealkylation sites (tertiary alicyclic amines) is 1. The molecule has 0 bridgehead atoms. The van der Waals surface area contributed by atoms with E-state index in [0.29, 0.717) is 45.4 Å². The van der Waals surface area contributed by atoms with Gasteiger partial charge >= 0.3 is 0 Å². The van der Waals surface area contributed by atoms with Crippen LogP contribution < -0.4 is 0 Å². The first-order chi connectivity index (χ1) is 8.38. The van der Waals surface area contributed by atoms with Crippen LogP contribution in [0.25, 0.3) is 0 Å². The lowest BCUT2D eigenvalue weighted by molar-refractivity contribution is -0.136. The van der Waals surface area contributed by atoms with E-state index >= 15 is 0 Å². The molecule has 0 aromatic rings. The zero-order valence-corrected chi connectivity index (χ0v) is 11.4. The van der Waals surface area contributed by atoms with Gasteiger partial charge in [0.2, 0.25) is 15.9 Å². The number of aliphatic hydroxyl groups excluding tert-OH is 1. The molecule has 7 heteroatoms. The molecule has 2 heterocycles. The molecular weight excluding hydrogens is 256 g/mol. The molecule has 2 aliphatic rings. The first-order valence-electron chi connectivity index (χ1n) is 6.30. The fourth-order valence-electron chi connectivity index (χ4n) is 2.63. The summed E-state index contributed by atoms with van der Waals surface area (Å²) in [5.74, 6) is -0.0204. The second kappa shape index (κ2) is 5.14. The predicted octanol–water partition coefficient (Wildman–Crippen LogP) is -0.749. The van der Waals surface area contributed by atoms with Crippen LogP contribution in [0.1, 0.15) is 19.3 Å². The van der Waals surface area contributed by atoms with Gasteiger partial charge in [-0.1, -0.05) is 0 Å². The number of rotatable bonds is 2.